The molecular weight excluding hydrogens is 312 g/mol. The van der Waals surface area contributed by atoms with Crippen LogP contribution in [0.2, 0.25) is 0 Å². The highest BCUT2D eigenvalue weighted by molar-refractivity contribution is 5.79. The van der Waals surface area contributed by atoms with E-state index in [9.17, 15) is 13.6 Å². The molecule has 1 aromatic rings. The number of nitrogens with zero attached hydrogens (tertiary/aromatic N) is 3. The van der Waals surface area contributed by atoms with Gasteiger partial charge in [-0.25, -0.2) is 13.8 Å². The summed E-state index contributed by atoms with van der Waals surface area (Å²) in [5.41, 5.74) is 0. The average molecular weight is 337 g/mol. The minimum Gasteiger partial charge on any atom is -0.355 e. The summed E-state index contributed by atoms with van der Waals surface area (Å²) >= 11 is 0. The van der Waals surface area contributed by atoms with Crippen molar-refractivity contribution in [3.05, 3.63) is 24.4 Å². The molecule has 2 fully saturated rings. The van der Waals surface area contributed by atoms with Crippen molar-refractivity contribution in [3.8, 4) is 0 Å². The van der Waals surface area contributed by atoms with Crippen LogP contribution in [0, 0.1) is 5.92 Å². The Bertz CT molecular complexity index is 557. The Labute approximate surface area is 141 Å². The van der Waals surface area contributed by atoms with E-state index < -0.39 is 5.92 Å². The van der Waals surface area contributed by atoms with Crippen molar-refractivity contribution in [2.24, 2.45) is 5.92 Å². The van der Waals surface area contributed by atoms with Crippen molar-refractivity contribution in [1.82, 2.24) is 9.88 Å². The summed E-state index contributed by atoms with van der Waals surface area (Å²) < 4.78 is 26.6. The number of alkyl halides is 2. The van der Waals surface area contributed by atoms with Crippen molar-refractivity contribution < 1.29 is 13.6 Å². The minimum atomic E-state index is -2.59. The first kappa shape index (κ1) is 17.1. The number of likely N-dealkylation sites (N-methyl/N-ethyl adjacent to an activating group) is 1. The number of rotatable bonds is 3. The molecule has 4 nitrogen and oxygen atoms in total. The first-order valence-corrected chi connectivity index (χ1v) is 8.77. The molecule has 0 N–H and O–H groups in total. The summed E-state index contributed by atoms with van der Waals surface area (Å²) in [4.78, 5) is 21.1. The molecule has 1 aliphatic heterocycles. The second kappa shape index (κ2) is 7.03. The van der Waals surface area contributed by atoms with Crippen LogP contribution in [-0.2, 0) is 4.79 Å². The van der Waals surface area contributed by atoms with E-state index >= 15 is 0 Å². The summed E-state index contributed by atoms with van der Waals surface area (Å²) in [7, 11) is 1.82. The number of anilines is 1. The number of pyridine rings is 1. The first-order chi connectivity index (χ1) is 11.5. The van der Waals surface area contributed by atoms with Crippen LogP contribution in [0.4, 0.5) is 14.6 Å². The zero-order chi connectivity index (χ0) is 17.2. The molecule has 0 aromatic carbocycles. The number of piperidine rings is 1. The molecule has 0 unspecified atom stereocenters. The van der Waals surface area contributed by atoms with Crippen LogP contribution < -0.4 is 4.90 Å². The highest BCUT2D eigenvalue weighted by Gasteiger charge is 2.39. The molecule has 0 spiro atoms. The molecule has 24 heavy (non-hydrogen) atoms. The van der Waals surface area contributed by atoms with Crippen LogP contribution in [0.1, 0.15) is 38.5 Å². The third-order valence-electron chi connectivity index (χ3n) is 5.33. The first-order valence-electron chi connectivity index (χ1n) is 8.77. The smallest absolute Gasteiger partial charge is 0.248 e. The molecule has 0 bridgehead atoms. The lowest BCUT2D eigenvalue weighted by Crippen LogP contribution is -2.50. The fourth-order valence-electron chi connectivity index (χ4n) is 3.77. The molecule has 1 aromatic heterocycles. The van der Waals surface area contributed by atoms with Gasteiger partial charge in [0.15, 0.2) is 0 Å². The van der Waals surface area contributed by atoms with Gasteiger partial charge in [0.05, 0.1) is 0 Å². The van der Waals surface area contributed by atoms with Crippen LogP contribution in [0.25, 0.3) is 0 Å². The molecule has 3 rings (SSSR count). The topological polar surface area (TPSA) is 36.4 Å². The predicted molar refractivity (Wildman–Crippen MR) is 89.1 cm³/mol. The van der Waals surface area contributed by atoms with Gasteiger partial charge in [0.1, 0.15) is 5.82 Å². The van der Waals surface area contributed by atoms with Crippen molar-refractivity contribution in [2.45, 2.75) is 50.5 Å². The summed E-state index contributed by atoms with van der Waals surface area (Å²) in [6.07, 6.45) is 4.00. The maximum absolute atomic E-state index is 13.3. The Hall–Kier alpha value is -1.72. The fraction of sp³-hybridized carbons (Fsp3) is 0.667. The number of carbonyl (C=O) groups is 1. The highest BCUT2D eigenvalue weighted by atomic mass is 19.3. The van der Waals surface area contributed by atoms with Crippen molar-refractivity contribution >= 4 is 11.7 Å². The molecule has 1 amide bonds. The normalized spacial score (nSPS) is 24.6. The standard InChI is InChI=1S/C18H25F2N3O/c1-22(17(24)14-7-9-18(19,20)10-8-14)15-5-4-12-23(13-15)16-6-2-3-11-21-16/h2-3,6,11,14-15H,4-5,7-10,12-13H2,1H3/t15-/m0/s1. The number of halogens is 2. The minimum absolute atomic E-state index is 0.0263. The van der Waals surface area contributed by atoms with Gasteiger partial charge in [-0.1, -0.05) is 6.07 Å². The van der Waals surface area contributed by atoms with Gasteiger partial charge in [-0.2, -0.15) is 0 Å². The Morgan fingerprint density at radius 1 is 1.29 bits per heavy atom. The van der Waals surface area contributed by atoms with Gasteiger partial charge in [-0.05, 0) is 37.8 Å². The van der Waals surface area contributed by atoms with Gasteiger partial charge in [0, 0.05) is 51.1 Å². The van der Waals surface area contributed by atoms with Crippen LogP contribution in [0.15, 0.2) is 24.4 Å². The monoisotopic (exact) mass is 337 g/mol. The number of carbonyl (C=O) groups excluding carboxylic acids is 1. The molecule has 1 atom stereocenters. The summed E-state index contributed by atoms with van der Waals surface area (Å²) in [5.74, 6) is -1.88. The van der Waals surface area contributed by atoms with Gasteiger partial charge >= 0.3 is 0 Å². The summed E-state index contributed by atoms with van der Waals surface area (Å²) in [5, 5.41) is 0. The molecule has 1 saturated heterocycles. The van der Waals surface area contributed by atoms with E-state index in [1.165, 1.54) is 0 Å². The Morgan fingerprint density at radius 3 is 2.71 bits per heavy atom. The van der Waals surface area contributed by atoms with E-state index in [2.05, 4.69) is 9.88 Å². The van der Waals surface area contributed by atoms with E-state index in [0.717, 1.165) is 31.7 Å². The largest absolute Gasteiger partial charge is 0.355 e. The average Bonchev–Trinajstić information content (AvgIpc) is 2.61. The Balaban J connectivity index is 1.60. The van der Waals surface area contributed by atoms with Crippen LogP contribution >= 0.6 is 0 Å². The molecule has 2 heterocycles. The molecule has 1 saturated carbocycles. The lowest BCUT2D eigenvalue weighted by molar-refractivity contribution is -0.140. The summed E-state index contributed by atoms with van der Waals surface area (Å²) in [6, 6.07) is 5.95. The van der Waals surface area contributed by atoms with Gasteiger partial charge in [0.2, 0.25) is 11.8 Å². The van der Waals surface area contributed by atoms with Crippen LogP contribution in [-0.4, -0.2) is 47.9 Å². The Morgan fingerprint density at radius 2 is 2.04 bits per heavy atom. The zero-order valence-electron chi connectivity index (χ0n) is 14.1. The van der Waals surface area contributed by atoms with Crippen LogP contribution in [0.5, 0.6) is 0 Å². The highest BCUT2D eigenvalue weighted by Crippen LogP contribution is 2.37. The lowest BCUT2D eigenvalue weighted by atomic mass is 9.85. The number of hydrogen-bond acceptors (Lipinski definition) is 3. The van der Waals surface area contributed by atoms with Gasteiger partial charge in [-0.15, -0.1) is 0 Å². The number of amides is 1. The van der Waals surface area contributed by atoms with Gasteiger partial charge in [-0.3, -0.25) is 4.79 Å². The lowest BCUT2D eigenvalue weighted by Gasteiger charge is -2.40. The zero-order valence-corrected chi connectivity index (χ0v) is 14.1. The fourth-order valence-corrected chi connectivity index (χ4v) is 3.77. The predicted octanol–water partition coefficient (Wildman–Crippen LogP) is 3.33. The van der Waals surface area contributed by atoms with Crippen molar-refractivity contribution in [2.75, 3.05) is 25.0 Å². The molecule has 2 aliphatic rings. The Kier molecular flexibility index (Phi) is 5.01. The van der Waals surface area contributed by atoms with E-state index in [1.54, 1.807) is 11.1 Å². The third kappa shape index (κ3) is 3.84. The third-order valence-corrected chi connectivity index (χ3v) is 5.33. The molecular formula is C18H25F2N3O. The van der Waals surface area contributed by atoms with Crippen molar-refractivity contribution in [3.63, 3.8) is 0 Å². The van der Waals surface area contributed by atoms with E-state index in [-0.39, 0.29) is 30.7 Å². The number of hydrogen-bond donors (Lipinski definition) is 0. The molecule has 1 aliphatic carbocycles. The van der Waals surface area contributed by atoms with E-state index in [4.69, 9.17) is 0 Å². The number of aromatic nitrogens is 1. The van der Waals surface area contributed by atoms with Gasteiger partial charge in [0.25, 0.3) is 0 Å². The van der Waals surface area contributed by atoms with E-state index in [1.807, 2.05) is 25.2 Å². The van der Waals surface area contributed by atoms with Crippen LogP contribution in [0.3, 0.4) is 0 Å². The molecule has 6 heteroatoms. The van der Waals surface area contributed by atoms with E-state index in [0.29, 0.717) is 12.8 Å². The van der Waals surface area contributed by atoms with Gasteiger partial charge < -0.3 is 9.80 Å². The molecule has 0 radical (unpaired) electrons. The maximum Gasteiger partial charge on any atom is 0.248 e. The molecule has 132 valence electrons. The maximum atomic E-state index is 13.3. The SMILES string of the molecule is CN(C(=O)C1CCC(F)(F)CC1)[C@H]1CCCN(c2ccccn2)C1. The second-order valence-electron chi connectivity index (χ2n) is 7.01. The quantitative estimate of drug-likeness (QED) is 0.849. The second-order valence-corrected chi connectivity index (χ2v) is 7.01. The summed E-state index contributed by atoms with van der Waals surface area (Å²) in [6.45, 7) is 1.69. The van der Waals surface area contributed by atoms with Crippen molar-refractivity contribution in [1.29, 1.82) is 0 Å².